The lowest BCUT2D eigenvalue weighted by Crippen LogP contribution is -2.36. The minimum absolute atomic E-state index is 0.445. The molecule has 0 spiro atoms. The molecule has 1 unspecified atom stereocenters. The van der Waals surface area contributed by atoms with Crippen molar-refractivity contribution in [1.82, 2.24) is 5.32 Å². The number of benzene rings is 1. The third-order valence-electron chi connectivity index (χ3n) is 3.05. The summed E-state index contributed by atoms with van der Waals surface area (Å²) in [7, 11) is 0. The van der Waals surface area contributed by atoms with Gasteiger partial charge in [-0.25, -0.2) is 0 Å². The summed E-state index contributed by atoms with van der Waals surface area (Å²) in [5.74, 6) is -0.766. The normalized spacial score (nSPS) is 12.4. The summed E-state index contributed by atoms with van der Waals surface area (Å²) in [6.07, 6.45) is 1.54. The first-order valence-electron chi connectivity index (χ1n) is 6.07. The van der Waals surface area contributed by atoms with E-state index in [1.807, 2.05) is 13.0 Å². The molecule has 0 aliphatic carbocycles. The van der Waals surface area contributed by atoms with E-state index in [1.165, 1.54) is 16.7 Å². The SMILES string of the molecule is CCCC(NCc1c(C)cccc1C)C(=O)O. The first kappa shape index (κ1) is 13.7. The van der Waals surface area contributed by atoms with E-state index in [4.69, 9.17) is 5.11 Å². The van der Waals surface area contributed by atoms with Gasteiger partial charge in [0.1, 0.15) is 6.04 Å². The van der Waals surface area contributed by atoms with Crippen LogP contribution in [0.5, 0.6) is 0 Å². The van der Waals surface area contributed by atoms with E-state index >= 15 is 0 Å². The number of aliphatic carboxylic acids is 1. The Labute approximate surface area is 103 Å². The van der Waals surface area contributed by atoms with Crippen molar-refractivity contribution in [2.24, 2.45) is 0 Å². The number of rotatable bonds is 6. The van der Waals surface area contributed by atoms with Crippen LogP contribution in [0.2, 0.25) is 0 Å². The fourth-order valence-electron chi connectivity index (χ4n) is 1.95. The maximum atomic E-state index is 11.0. The van der Waals surface area contributed by atoms with E-state index in [1.54, 1.807) is 0 Å². The van der Waals surface area contributed by atoms with Gasteiger partial charge in [-0.1, -0.05) is 31.5 Å². The predicted molar refractivity (Wildman–Crippen MR) is 69.1 cm³/mol. The average Bonchev–Trinajstić information content (AvgIpc) is 2.26. The molecule has 0 fully saturated rings. The van der Waals surface area contributed by atoms with Crippen molar-refractivity contribution >= 4 is 5.97 Å². The smallest absolute Gasteiger partial charge is 0.320 e. The van der Waals surface area contributed by atoms with Gasteiger partial charge in [-0.15, -0.1) is 0 Å². The Bertz CT molecular complexity index is 368. The van der Waals surface area contributed by atoms with E-state index in [0.29, 0.717) is 13.0 Å². The van der Waals surface area contributed by atoms with Gasteiger partial charge in [-0.05, 0) is 37.0 Å². The molecule has 0 radical (unpaired) electrons. The van der Waals surface area contributed by atoms with Gasteiger partial charge >= 0.3 is 5.97 Å². The van der Waals surface area contributed by atoms with Crippen LogP contribution in [-0.4, -0.2) is 17.1 Å². The summed E-state index contributed by atoms with van der Waals surface area (Å²) >= 11 is 0. The Morgan fingerprint density at radius 2 is 1.94 bits per heavy atom. The lowest BCUT2D eigenvalue weighted by molar-refractivity contribution is -0.139. The highest BCUT2D eigenvalue weighted by molar-refractivity contribution is 5.73. The second kappa shape index (κ2) is 6.40. The second-order valence-electron chi connectivity index (χ2n) is 4.43. The van der Waals surface area contributed by atoms with Crippen LogP contribution in [0.15, 0.2) is 18.2 Å². The lowest BCUT2D eigenvalue weighted by Gasteiger charge is -2.16. The molecule has 1 rings (SSSR count). The van der Waals surface area contributed by atoms with Crippen LogP contribution in [0.4, 0.5) is 0 Å². The number of hydrogen-bond acceptors (Lipinski definition) is 2. The molecule has 1 aromatic carbocycles. The number of hydrogen-bond donors (Lipinski definition) is 2. The summed E-state index contributed by atoms with van der Waals surface area (Å²) in [6, 6.07) is 5.69. The van der Waals surface area contributed by atoms with Crippen molar-refractivity contribution in [2.45, 2.75) is 46.2 Å². The van der Waals surface area contributed by atoms with Crippen LogP contribution in [0, 0.1) is 13.8 Å². The zero-order valence-corrected chi connectivity index (χ0v) is 10.8. The zero-order chi connectivity index (χ0) is 12.8. The highest BCUT2D eigenvalue weighted by Crippen LogP contribution is 2.13. The largest absolute Gasteiger partial charge is 0.480 e. The maximum absolute atomic E-state index is 11.0. The topological polar surface area (TPSA) is 49.3 Å². The third kappa shape index (κ3) is 3.86. The highest BCUT2D eigenvalue weighted by atomic mass is 16.4. The molecule has 1 aromatic rings. The molecule has 0 aromatic heterocycles. The van der Waals surface area contributed by atoms with E-state index in [0.717, 1.165) is 6.42 Å². The van der Waals surface area contributed by atoms with Crippen molar-refractivity contribution in [3.8, 4) is 0 Å². The number of carboxylic acid groups (broad SMARTS) is 1. The molecule has 3 nitrogen and oxygen atoms in total. The summed E-state index contributed by atoms with van der Waals surface area (Å²) in [6.45, 7) is 6.73. The minimum atomic E-state index is -0.766. The Hall–Kier alpha value is -1.35. The van der Waals surface area contributed by atoms with E-state index in [2.05, 4.69) is 31.3 Å². The highest BCUT2D eigenvalue weighted by Gasteiger charge is 2.15. The lowest BCUT2D eigenvalue weighted by atomic mass is 10.0. The maximum Gasteiger partial charge on any atom is 0.320 e. The Morgan fingerprint density at radius 3 is 2.41 bits per heavy atom. The van der Waals surface area contributed by atoms with Gasteiger partial charge in [0.05, 0.1) is 0 Å². The number of aryl methyl sites for hydroxylation is 2. The van der Waals surface area contributed by atoms with Crippen molar-refractivity contribution < 1.29 is 9.90 Å². The van der Waals surface area contributed by atoms with E-state index < -0.39 is 12.0 Å². The van der Waals surface area contributed by atoms with Gasteiger partial charge in [0.15, 0.2) is 0 Å². The first-order chi connectivity index (χ1) is 8.06. The summed E-state index contributed by atoms with van der Waals surface area (Å²) in [5, 5.41) is 12.2. The standard InChI is InChI=1S/C14H21NO2/c1-4-6-13(14(16)17)15-9-12-10(2)7-5-8-11(12)3/h5,7-8,13,15H,4,6,9H2,1-3H3,(H,16,17). The van der Waals surface area contributed by atoms with Gasteiger partial charge in [-0.2, -0.15) is 0 Å². The molecule has 0 aliphatic heterocycles. The van der Waals surface area contributed by atoms with Crippen LogP contribution in [0.1, 0.15) is 36.5 Å². The quantitative estimate of drug-likeness (QED) is 0.797. The zero-order valence-electron chi connectivity index (χ0n) is 10.8. The van der Waals surface area contributed by atoms with Crippen LogP contribution in [0.3, 0.4) is 0 Å². The second-order valence-corrected chi connectivity index (χ2v) is 4.43. The fourth-order valence-corrected chi connectivity index (χ4v) is 1.95. The van der Waals surface area contributed by atoms with Crippen molar-refractivity contribution in [3.63, 3.8) is 0 Å². The van der Waals surface area contributed by atoms with Crippen LogP contribution >= 0.6 is 0 Å². The predicted octanol–water partition coefficient (Wildman–Crippen LogP) is 2.65. The summed E-state index contributed by atoms with van der Waals surface area (Å²) in [4.78, 5) is 11.0. The Kier molecular flexibility index (Phi) is 5.16. The van der Waals surface area contributed by atoms with Gasteiger partial charge in [0, 0.05) is 6.54 Å². The number of nitrogens with one attached hydrogen (secondary N) is 1. The van der Waals surface area contributed by atoms with Gasteiger partial charge in [-0.3, -0.25) is 4.79 Å². The number of carboxylic acids is 1. The molecule has 2 N–H and O–H groups in total. The fraction of sp³-hybridized carbons (Fsp3) is 0.500. The minimum Gasteiger partial charge on any atom is -0.480 e. The third-order valence-corrected chi connectivity index (χ3v) is 3.05. The molecule has 1 atom stereocenters. The van der Waals surface area contributed by atoms with E-state index in [-0.39, 0.29) is 0 Å². The molecule has 0 amide bonds. The Morgan fingerprint density at radius 1 is 1.35 bits per heavy atom. The number of carbonyl (C=O) groups is 1. The molecule has 0 heterocycles. The molecule has 0 bridgehead atoms. The van der Waals surface area contributed by atoms with Crippen LogP contribution in [-0.2, 0) is 11.3 Å². The molecule has 0 aliphatic rings. The van der Waals surface area contributed by atoms with Crippen molar-refractivity contribution in [2.75, 3.05) is 0 Å². The van der Waals surface area contributed by atoms with E-state index in [9.17, 15) is 4.79 Å². The molecule has 0 saturated heterocycles. The van der Waals surface area contributed by atoms with Crippen LogP contribution in [0.25, 0.3) is 0 Å². The molecule has 0 saturated carbocycles. The van der Waals surface area contributed by atoms with Crippen LogP contribution < -0.4 is 5.32 Å². The monoisotopic (exact) mass is 235 g/mol. The molecular formula is C14H21NO2. The molecular weight excluding hydrogens is 214 g/mol. The van der Waals surface area contributed by atoms with Crippen molar-refractivity contribution in [3.05, 3.63) is 34.9 Å². The van der Waals surface area contributed by atoms with Gasteiger partial charge in [0.2, 0.25) is 0 Å². The molecule has 17 heavy (non-hydrogen) atoms. The summed E-state index contributed by atoms with van der Waals surface area (Å²) in [5.41, 5.74) is 3.62. The first-order valence-corrected chi connectivity index (χ1v) is 6.07. The molecule has 94 valence electrons. The average molecular weight is 235 g/mol. The summed E-state index contributed by atoms with van der Waals surface area (Å²) < 4.78 is 0. The Balaban J connectivity index is 2.68. The van der Waals surface area contributed by atoms with Gasteiger partial charge in [0.25, 0.3) is 0 Å². The van der Waals surface area contributed by atoms with Crippen molar-refractivity contribution in [1.29, 1.82) is 0 Å². The molecule has 3 heteroatoms. The van der Waals surface area contributed by atoms with Gasteiger partial charge < -0.3 is 10.4 Å².